The lowest BCUT2D eigenvalue weighted by atomic mass is 9.84. The predicted molar refractivity (Wildman–Crippen MR) is 121 cm³/mol. The Bertz CT molecular complexity index is 652. The van der Waals surface area contributed by atoms with Gasteiger partial charge in [0.25, 0.3) is 0 Å². The Morgan fingerprint density at radius 2 is 1.83 bits per heavy atom. The third-order valence-corrected chi connectivity index (χ3v) is 5.61. The molecular weight excluding hydrogens is 364 g/mol. The molecule has 0 radical (unpaired) electrons. The van der Waals surface area contributed by atoms with Gasteiger partial charge in [0.1, 0.15) is 0 Å². The van der Waals surface area contributed by atoms with Crippen LogP contribution >= 0.6 is 0 Å². The number of nitrogens with one attached hydrogen (secondary N) is 2. The van der Waals surface area contributed by atoms with Crippen LogP contribution in [-0.2, 0) is 5.41 Å². The highest BCUT2D eigenvalue weighted by molar-refractivity contribution is 5.80. The van der Waals surface area contributed by atoms with Crippen molar-refractivity contribution < 1.29 is 9.47 Å². The quantitative estimate of drug-likeness (QED) is 0.488. The zero-order chi connectivity index (χ0) is 21.3. The molecule has 1 aliphatic heterocycles. The maximum absolute atomic E-state index is 5.47. The molecule has 164 valence electrons. The molecule has 0 spiro atoms. The Balaban J connectivity index is 2.03. The van der Waals surface area contributed by atoms with Gasteiger partial charge in [0.05, 0.1) is 20.8 Å². The number of likely N-dealkylation sites (tertiary alicyclic amines) is 1. The lowest BCUT2D eigenvalue weighted by molar-refractivity contribution is 0.206. The van der Waals surface area contributed by atoms with Crippen LogP contribution in [0.15, 0.2) is 23.2 Å². The van der Waals surface area contributed by atoms with Crippen LogP contribution in [0.1, 0.15) is 52.5 Å². The topological polar surface area (TPSA) is 58.1 Å². The summed E-state index contributed by atoms with van der Waals surface area (Å²) in [5.74, 6) is 2.42. The van der Waals surface area contributed by atoms with Crippen LogP contribution in [0.5, 0.6) is 11.5 Å². The number of aliphatic imine (C=N–C) groups is 1. The first-order valence-corrected chi connectivity index (χ1v) is 10.9. The highest BCUT2D eigenvalue weighted by atomic mass is 16.5. The molecule has 0 amide bonds. The smallest absolute Gasteiger partial charge is 0.191 e. The monoisotopic (exact) mass is 404 g/mol. The van der Waals surface area contributed by atoms with Crippen molar-refractivity contribution in [2.24, 2.45) is 4.99 Å². The van der Waals surface area contributed by atoms with Crippen LogP contribution in [0.25, 0.3) is 0 Å². The molecule has 0 aromatic heterocycles. The first-order chi connectivity index (χ1) is 13.9. The van der Waals surface area contributed by atoms with Crippen molar-refractivity contribution in [2.45, 2.75) is 58.4 Å². The second-order valence-electron chi connectivity index (χ2n) is 8.41. The maximum Gasteiger partial charge on any atom is 0.191 e. The summed E-state index contributed by atoms with van der Waals surface area (Å²) in [4.78, 5) is 7.48. The molecule has 2 N–H and O–H groups in total. The molecule has 1 saturated heterocycles. The molecule has 1 aromatic rings. The molecule has 0 unspecified atom stereocenters. The molecule has 1 heterocycles. The van der Waals surface area contributed by atoms with Gasteiger partial charge in [-0.05, 0) is 50.4 Å². The van der Waals surface area contributed by atoms with Crippen LogP contribution in [0.3, 0.4) is 0 Å². The Hall–Kier alpha value is -1.95. The maximum atomic E-state index is 5.47. The molecular formula is C23H40N4O2. The van der Waals surface area contributed by atoms with Gasteiger partial charge < -0.3 is 25.0 Å². The van der Waals surface area contributed by atoms with Crippen molar-refractivity contribution in [2.75, 3.05) is 46.9 Å². The summed E-state index contributed by atoms with van der Waals surface area (Å²) in [5.41, 5.74) is 1.06. The van der Waals surface area contributed by atoms with E-state index in [0.29, 0.717) is 12.6 Å². The zero-order valence-corrected chi connectivity index (χ0v) is 19.2. The van der Waals surface area contributed by atoms with Gasteiger partial charge in [-0.15, -0.1) is 0 Å². The number of ether oxygens (including phenoxy) is 2. The van der Waals surface area contributed by atoms with E-state index in [1.54, 1.807) is 14.2 Å². The fourth-order valence-electron chi connectivity index (χ4n) is 3.76. The van der Waals surface area contributed by atoms with Crippen molar-refractivity contribution in [3.05, 3.63) is 23.8 Å². The Labute approximate surface area is 177 Å². The molecule has 0 atom stereocenters. The Morgan fingerprint density at radius 3 is 2.41 bits per heavy atom. The van der Waals surface area contributed by atoms with Crippen molar-refractivity contribution in [1.82, 2.24) is 15.5 Å². The average molecular weight is 405 g/mol. The molecule has 29 heavy (non-hydrogen) atoms. The summed E-state index contributed by atoms with van der Waals surface area (Å²) in [6.07, 6.45) is 3.57. The van der Waals surface area contributed by atoms with Crippen LogP contribution in [0, 0.1) is 0 Å². The molecule has 6 nitrogen and oxygen atoms in total. The number of piperidine rings is 1. The molecule has 2 rings (SSSR count). The summed E-state index contributed by atoms with van der Waals surface area (Å²) in [6.45, 7) is 13.9. The van der Waals surface area contributed by atoms with Crippen LogP contribution < -0.4 is 20.1 Å². The van der Waals surface area contributed by atoms with E-state index in [4.69, 9.17) is 14.5 Å². The van der Waals surface area contributed by atoms with E-state index in [2.05, 4.69) is 55.4 Å². The number of nitrogens with zero attached hydrogens (tertiary/aromatic N) is 2. The first kappa shape index (κ1) is 23.3. The number of benzene rings is 1. The van der Waals surface area contributed by atoms with Gasteiger partial charge in [0.2, 0.25) is 0 Å². The summed E-state index contributed by atoms with van der Waals surface area (Å²) >= 11 is 0. The highest BCUT2D eigenvalue weighted by Gasteiger charge is 2.23. The highest BCUT2D eigenvalue weighted by Crippen LogP contribution is 2.33. The third kappa shape index (κ3) is 6.81. The molecule has 0 saturated carbocycles. The molecule has 0 bridgehead atoms. The van der Waals surface area contributed by atoms with E-state index in [1.165, 1.54) is 44.5 Å². The summed E-state index contributed by atoms with van der Waals surface area (Å²) in [6, 6.07) is 6.61. The second kappa shape index (κ2) is 11.3. The molecule has 6 heteroatoms. The van der Waals surface area contributed by atoms with Crippen molar-refractivity contribution in [1.29, 1.82) is 0 Å². The normalized spacial score (nSPS) is 16.6. The van der Waals surface area contributed by atoms with Crippen molar-refractivity contribution >= 4 is 5.96 Å². The fraction of sp³-hybridized carbons (Fsp3) is 0.696. The van der Waals surface area contributed by atoms with Crippen LogP contribution in [0.2, 0.25) is 0 Å². The number of hydrogen-bond acceptors (Lipinski definition) is 4. The van der Waals surface area contributed by atoms with Crippen molar-refractivity contribution in [3.63, 3.8) is 0 Å². The third-order valence-electron chi connectivity index (χ3n) is 5.61. The van der Waals surface area contributed by atoms with E-state index in [0.717, 1.165) is 24.0 Å². The molecule has 1 aliphatic rings. The standard InChI is InChI=1S/C23H40N4O2/c1-7-13-27-14-11-19(12-15-27)26-22(24-8-2)25-17-23(3,4)18-9-10-20(28-5)21(16-18)29-6/h9-10,16,19H,7-8,11-15,17H2,1-6H3,(H2,24,25,26). The van der Waals surface area contributed by atoms with Crippen LogP contribution in [-0.4, -0.2) is 63.8 Å². The van der Waals surface area contributed by atoms with Crippen LogP contribution in [0.4, 0.5) is 0 Å². The lowest BCUT2D eigenvalue weighted by Crippen LogP contribution is -2.49. The minimum absolute atomic E-state index is 0.119. The minimum Gasteiger partial charge on any atom is -0.493 e. The van der Waals surface area contributed by atoms with E-state index >= 15 is 0 Å². The predicted octanol–water partition coefficient (Wildman–Crippen LogP) is 3.41. The van der Waals surface area contributed by atoms with Gasteiger partial charge in [0.15, 0.2) is 17.5 Å². The fourth-order valence-corrected chi connectivity index (χ4v) is 3.76. The number of methoxy groups -OCH3 is 2. The SMILES string of the molecule is CCCN1CCC(NC(=NCC(C)(C)c2ccc(OC)c(OC)c2)NCC)CC1. The number of hydrogen-bond donors (Lipinski definition) is 2. The second-order valence-corrected chi connectivity index (χ2v) is 8.41. The van der Waals surface area contributed by atoms with E-state index < -0.39 is 0 Å². The summed E-state index contributed by atoms with van der Waals surface area (Å²) in [5, 5.41) is 7.06. The summed E-state index contributed by atoms with van der Waals surface area (Å²) < 4.78 is 10.8. The zero-order valence-electron chi connectivity index (χ0n) is 19.2. The molecule has 0 aliphatic carbocycles. The lowest BCUT2D eigenvalue weighted by Gasteiger charge is -2.33. The van der Waals surface area contributed by atoms with Gasteiger partial charge in [-0.3, -0.25) is 4.99 Å². The largest absolute Gasteiger partial charge is 0.493 e. The van der Waals surface area contributed by atoms with E-state index in [1.807, 2.05) is 6.07 Å². The summed E-state index contributed by atoms with van der Waals surface area (Å²) in [7, 11) is 3.33. The van der Waals surface area contributed by atoms with Gasteiger partial charge >= 0.3 is 0 Å². The van der Waals surface area contributed by atoms with Gasteiger partial charge in [-0.25, -0.2) is 0 Å². The molecule has 1 aromatic carbocycles. The van der Waals surface area contributed by atoms with E-state index in [9.17, 15) is 0 Å². The molecule has 1 fully saturated rings. The van der Waals surface area contributed by atoms with Gasteiger partial charge in [0, 0.05) is 31.1 Å². The van der Waals surface area contributed by atoms with Gasteiger partial charge in [-0.2, -0.15) is 0 Å². The van der Waals surface area contributed by atoms with Crippen molar-refractivity contribution in [3.8, 4) is 11.5 Å². The average Bonchev–Trinajstić information content (AvgIpc) is 2.73. The van der Waals surface area contributed by atoms with E-state index in [-0.39, 0.29) is 5.41 Å². The number of rotatable bonds is 9. The Kier molecular flexibility index (Phi) is 9.08. The Morgan fingerprint density at radius 1 is 1.14 bits per heavy atom. The minimum atomic E-state index is -0.119. The number of guanidine groups is 1. The van der Waals surface area contributed by atoms with Gasteiger partial charge in [-0.1, -0.05) is 26.8 Å². The first-order valence-electron chi connectivity index (χ1n) is 10.9.